The second-order valence-electron chi connectivity index (χ2n) is 8.14. The van der Waals surface area contributed by atoms with E-state index in [-0.39, 0.29) is 16.6 Å². The number of carbonyl (C=O) groups is 1. The molecule has 1 amide bonds. The molecule has 0 atom stereocenters. The third-order valence-corrected chi connectivity index (χ3v) is 6.34. The van der Waals surface area contributed by atoms with Crippen LogP contribution < -0.4 is 15.4 Å². The van der Waals surface area contributed by atoms with Gasteiger partial charge in [-0.25, -0.2) is 0 Å². The van der Waals surface area contributed by atoms with Gasteiger partial charge < -0.3 is 15.4 Å². The molecule has 0 spiro atoms. The van der Waals surface area contributed by atoms with Gasteiger partial charge in [-0.3, -0.25) is 4.79 Å². The summed E-state index contributed by atoms with van der Waals surface area (Å²) in [4.78, 5) is 12.7. The van der Waals surface area contributed by atoms with Crippen molar-refractivity contribution < 1.29 is 17.9 Å². The largest absolute Gasteiger partial charge is 0.493 e. The summed E-state index contributed by atoms with van der Waals surface area (Å²) in [6.07, 6.45) is 0. The highest BCUT2D eigenvalue weighted by atomic mass is 32.2. The molecule has 7 nitrogen and oxygen atoms in total. The maximum atomic E-state index is 12.5. The fourth-order valence-corrected chi connectivity index (χ4v) is 4.46. The van der Waals surface area contributed by atoms with Gasteiger partial charge >= 0.3 is 0 Å². The van der Waals surface area contributed by atoms with Crippen LogP contribution in [0.25, 0.3) is 0 Å². The standard InChI is InChI=1S/C25H25N3O4S/c1-17(2)16-32-21-13-7-18(8-14-21)15-26-25(29)19-9-11-20(12-10-19)27-24-22-5-3-4-6-23(22)33(30,31)28-24/h3-14,17H,15-16H2,1-2H3,(H,26,29)(H,27,28). The zero-order valence-electron chi connectivity index (χ0n) is 18.4. The molecule has 3 aromatic rings. The highest BCUT2D eigenvalue weighted by Gasteiger charge is 2.28. The van der Waals surface area contributed by atoms with Gasteiger partial charge in [0.1, 0.15) is 10.6 Å². The van der Waals surface area contributed by atoms with Gasteiger partial charge in [0.15, 0.2) is 5.84 Å². The first-order valence-corrected chi connectivity index (χ1v) is 12.1. The number of carbonyl (C=O) groups excluding carboxylic acids is 1. The minimum absolute atomic E-state index is 0.183. The number of rotatable bonds is 7. The molecule has 2 N–H and O–H groups in total. The average molecular weight is 464 g/mol. The first-order chi connectivity index (χ1) is 15.8. The molecule has 1 aliphatic heterocycles. The third kappa shape index (κ3) is 5.40. The van der Waals surface area contributed by atoms with Gasteiger partial charge in [-0.15, -0.1) is 4.40 Å². The fourth-order valence-electron chi connectivity index (χ4n) is 3.29. The third-order valence-electron chi connectivity index (χ3n) is 5.00. The maximum Gasteiger partial charge on any atom is 0.285 e. The van der Waals surface area contributed by atoms with Crippen LogP contribution in [0.15, 0.2) is 82.1 Å². The van der Waals surface area contributed by atoms with Crippen molar-refractivity contribution in [2.75, 3.05) is 11.9 Å². The van der Waals surface area contributed by atoms with Crippen molar-refractivity contribution >= 4 is 27.5 Å². The first-order valence-electron chi connectivity index (χ1n) is 10.6. The summed E-state index contributed by atoms with van der Waals surface area (Å²) in [6, 6.07) is 21.1. The maximum absolute atomic E-state index is 12.5. The number of hydrogen-bond donors (Lipinski definition) is 2. The number of amides is 1. The second-order valence-corrected chi connectivity index (χ2v) is 9.72. The summed E-state index contributed by atoms with van der Waals surface area (Å²) >= 11 is 0. The van der Waals surface area contributed by atoms with E-state index in [0.29, 0.717) is 35.9 Å². The van der Waals surface area contributed by atoms with E-state index in [1.165, 1.54) is 6.07 Å². The van der Waals surface area contributed by atoms with E-state index in [9.17, 15) is 13.2 Å². The molecule has 1 aliphatic rings. The fraction of sp³-hybridized carbons (Fsp3) is 0.200. The molecular weight excluding hydrogens is 438 g/mol. The predicted octanol–water partition coefficient (Wildman–Crippen LogP) is 4.21. The van der Waals surface area contributed by atoms with E-state index in [0.717, 1.165) is 11.3 Å². The first kappa shape index (κ1) is 22.5. The predicted molar refractivity (Wildman–Crippen MR) is 128 cm³/mol. The van der Waals surface area contributed by atoms with Crippen LogP contribution in [-0.4, -0.2) is 26.8 Å². The minimum atomic E-state index is -3.69. The van der Waals surface area contributed by atoms with Crippen molar-refractivity contribution in [3.63, 3.8) is 0 Å². The Bertz CT molecular complexity index is 1280. The van der Waals surface area contributed by atoms with Crippen LogP contribution in [0.1, 0.15) is 35.3 Å². The molecule has 0 fully saturated rings. The number of ether oxygens (including phenoxy) is 1. The number of anilines is 1. The highest BCUT2D eigenvalue weighted by Crippen LogP contribution is 2.26. The number of nitrogens with one attached hydrogen (secondary N) is 2. The van der Waals surface area contributed by atoms with Crippen molar-refractivity contribution in [3.05, 3.63) is 89.5 Å². The lowest BCUT2D eigenvalue weighted by Crippen LogP contribution is -2.22. The highest BCUT2D eigenvalue weighted by molar-refractivity contribution is 7.90. The average Bonchev–Trinajstić information content (AvgIpc) is 3.07. The van der Waals surface area contributed by atoms with Gasteiger partial charge in [0.2, 0.25) is 0 Å². The van der Waals surface area contributed by atoms with Crippen molar-refractivity contribution in [3.8, 4) is 5.75 Å². The molecule has 0 bridgehead atoms. The molecular formula is C25H25N3O4S. The van der Waals surface area contributed by atoms with Gasteiger partial charge in [-0.1, -0.05) is 38.1 Å². The number of sulfonamides is 1. The normalized spacial score (nSPS) is 13.8. The Hall–Kier alpha value is -3.65. The van der Waals surface area contributed by atoms with Gasteiger partial charge in [-0.2, -0.15) is 8.42 Å². The quantitative estimate of drug-likeness (QED) is 0.547. The van der Waals surface area contributed by atoms with Crippen molar-refractivity contribution in [1.82, 2.24) is 5.32 Å². The molecule has 3 aromatic carbocycles. The van der Waals surface area contributed by atoms with Crippen LogP contribution in [0.5, 0.6) is 5.75 Å². The summed E-state index contributed by atoms with van der Waals surface area (Å²) < 4.78 is 33.8. The summed E-state index contributed by atoms with van der Waals surface area (Å²) in [5.74, 6) is 1.33. The lowest BCUT2D eigenvalue weighted by molar-refractivity contribution is 0.0951. The lowest BCUT2D eigenvalue weighted by atomic mass is 10.1. The van der Waals surface area contributed by atoms with Gasteiger partial charge in [0, 0.05) is 23.4 Å². The Morgan fingerprint density at radius 3 is 2.36 bits per heavy atom. The number of hydrogen-bond acceptors (Lipinski definition) is 5. The SMILES string of the molecule is CC(C)COc1ccc(CNC(=O)c2ccc(NC3=NS(=O)(=O)c4ccccc43)cc2)cc1. The van der Waals surface area contributed by atoms with Crippen LogP contribution in [0, 0.1) is 5.92 Å². The summed E-state index contributed by atoms with van der Waals surface area (Å²) in [6.45, 7) is 5.25. The number of fused-ring (bicyclic) bond motifs is 1. The van der Waals surface area contributed by atoms with Crippen LogP contribution in [0.2, 0.25) is 0 Å². The molecule has 33 heavy (non-hydrogen) atoms. The smallest absolute Gasteiger partial charge is 0.285 e. The zero-order valence-corrected chi connectivity index (χ0v) is 19.2. The van der Waals surface area contributed by atoms with Gasteiger partial charge in [-0.05, 0) is 60.0 Å². The Kier molecular flexibility index (Phi) is 6.46. The molecule has 0 unspecified atom stereocenters. The Balaban J connectivity index is 1.34. The van der Waals surface area contributed by atoms with Crippen LogP contribution in [-0.2, 0) is 16.6 Å². The van der Waals surface area contributed by atoms with E-state index >= 15 is 0 Å². The lowest BCUT2D eigenvalue weighted by Gasteiger charge is -2.10. The Morgan fingerprint density at radius 1 is 0.970 bits per heavy atom. The topological polar surface area (TPSA) is 96.9 Å². The van der Waals surface area contributed by atoms with Crippen molar-refractivity contribution in [1.29, 1.82) is 0 Å². The summed E-state index contributed by atoms with van der Waals surface area (Å²) in [5.41, 5.74) is 2.63. The molecule has 0 aliphatic carbocycles. The van der Waals surface area contributed by atoms with Crippen LogP contribution >= 0.6 is 0 Å². The van der Waals surface area contributed by atoms with Crippen molar-refractivity contribution in [2.45, 2.75) is 25.3 Å². The molecule has 4 rings (SSSR count). The summed E-state index contributed by atoms with van der Waals surface area (Å²) in [5, 5.41) is 5.92. The van der Waals surface area contributed by atoms with Gasteiger partial charge in [0.05, 0.1) is 6.61 Å². The van der Waals surface area contributed by atoms with Crippen LogP contribution in [0.4, 0.5) is 5.69 Å². The monoisotopic (exact) mass is 463 g/mol. The van der Waals surface area contributed by atoms with E-state index in [4.69, 9.17) is 4.74 Å². The van der Waals surface area contributed by atoms with E-state index in [2.05, 4.69) is 28.9 Å². The van der Waals surface area contributed by atoms with Crippen LogP contribution in [0.3, 0.4) is 0 Å². The minimum Gasteiger partial charge on any atom is -0.493 e. The molecule has 8 heteroatoms. The molecule has 0 radical (unpaired) electrons. The van der Waals surface area contributed by atoms with E-state index < -0.39 is 10.0 Å². The second kappa shape index (κ2) is 9.46. The number of benzene rings is 3. The number of nitrogens with zero attached hydrogens (tertiary/aromatic N) is 1. The molecule has 0 saturated carbocycles. The number of amidine groups is 1. The Morgan fingerprint density at radius 2 is 1.67 bits per heavy atom. The van der Waals surface area contributed by atoms with E-state index in [1.54, 1.807) is 42.5 Å². The molecule has 0 saturated heterocycles. The van der Waals surface area contributed by atoms with Crippen molar-refractivity contribution in [2.24, 2.45) is 10.3 Å². The molecule has 1 heterocycles. The molecule has 0 aromatic heterocycles. The van der Waals surface area contributed by atoms with Gasteiger partial charge in [0.25, 0.3) is 15.9 Å². The van der Waals surface area contributed by atoms with E-state index in [1.807, 2.05) is 24.3 Å². The molecule has 170 valence electrons. The Labute approximate surface area is 193 Å². The summed E-state index contributed by atoms with van der Waals surface area (Å²) in [7, 11) is -3.69. The zero-order chi connectivity index (χ0) is 23.4.